The minimum Gasteiger partial charge on any atom is -0.493 e. The molecule has 1 N–H and O–H groups in total. The van der Waals surface area contributed by atoms with Crippen molar-refractivity contribution >= 4 is 16.7 Å². The Morgan fingerprint density at radius 2 is 2.05 bits per heavy atom. The molecule has 1 aliphatic carbocycles. The minimum absolute atomic E-state index is 0.600. The first kappa shape index (κ1) is 13.2. The fraction of sp³-hybridized carbons (Fsp3) is 0.429. The molecule has 106 valence electrons. The zero-order chi connectivity index (χ0) is 13.9. The monoisotopic (exact) mass is 291 g/mol. The highest BCUT2D eigenvalue weighted by molar-refractivity contribution is 7.09. The largest absolute Gasteiger partial charge is 0.493 e. The third-order valence-corrected chi connectivity index (χ3v) is 3.96. The van der Waals surface area contributed by atoms with E-state index in [1.165, 1.54) is 24.4 Å². The second-order valence-corrected chi connectivity index (χ2v) is 5.53. The number of methoxy groups -OCH3 is 2. The third-order valence-electron chi connectivity index (χ3n) is 3.28. The predicted molar refractivity (Wildman–Crippen MR) is 78.8 cm³/mol. The van der Waals surface area contributed by atoms with Crippen molar-refractivity contribution < 1.29 is 9.47 Å². The molecule has 5 nitrogen and oxygen atoms in total. The molecule has 1 aromatic heterocycles. The second kappa shape index (κ2) is 5.66. The van der Waals surface area contributed by atoms with Crippen LogP contribution in [0.25, 0.3) is 0 Å². The number of aromatic nitrogens is 2. The lowest BCUT2D eigenvalue weighted by Crippen LogP contribution is -2.00. The molecule has 0 unspecified atom stereocenters. The molecular formula is C14H17N3O2S. The fourth-order valence-corrected chi connectivity index (χ4v) is 2.62. The van der Waals surface area contributed by atoms with Crippen LogP contribution in [-0.4, -0.2) is 23.6 Å². The first-order valence-corrected chi connectivity index (χ1v) is 7.36. The molecule has 1 fully saturated rings. The van der Waals surface area contributed by atoms with Gasteiger partial charge in [0.2, 0.25) is 5.13 Å². The molecule has 1 aromatic carbocycles. The van der Waals surface area contributed by atoms with Crippen LogP contribution in [0, 0.1) is 0 Å². The van der Waals surface area contributed by atoms with Crippen LogP contribution in [0.3, 0.4) is 0 Å². The van der Waals surface area contributed by atoms with Gasteiger partial charge >= 0.3 is 0 Å². The molecule has 1 saturated carbocycles. The van der Waals surface area contributed by atoms with Gasteiger partial charge in [0.25, 0.3) is 0 Å². The van der Waals surface area contributed by atoms with Gasteiger partial charge in [0.05, 0.1) is 14.2 Å². The molecule has 0 spiro atoms. The molecule has 0 radical (unpaired) electrons. The van der Waals surface area contributed by atoms with E-state index in [-0.39, 0.29) is 0 Å². The Kier molecular flexibility index (Phi) is 3.73. The molecule has 0 bridgehead atoms. The number of ether oxygens (including phenoxy) is 2. The second-order valence-electron chi connectivity index (χ2n) is 4.77. The van der Waals surface area contributed by atoms with Crippen molar-refractivity contribution in [3.8, 4) is 11.5 Å². The van der Waals surface area contributed by atoms with Crippen LogP contribution < -0.4 is 14.8 Å². The summed E-state index contributed by atoms with van der Waals surface area (Å²) in [6.07, 6.45) is 2.46. The molecule has 0 atom stereocenters. The molecule has 20 heavy (non-hydrogen) atoms. The average Bonchev–Trinajstić information content (AvgIpc) is 3.23. The Balaban J connectivity index is 1.64. The number of hydrogen-bond donors (Lipinski definition) is 1. The summed E-state index contributed by atoms with van der Waals surface area (Å²) in [5, 5.41) is 4.18. The van der Waals surface area contributed by atoms with Crippen molar-refractivity contribution in [3.63, 3.8) is 0 Å². The standard InChI is InChI=1S/C14H17N3O2S/c1-18-11-6-3-9(7-12(11)19-2)8-15-14-16-13(17-20-14)10-4-5-10/h3,6-7,10H,4-5,8H2,1-2H3,(H,15,16,17). The van der Waals surface area contributed by atoms with Gasteiger partial charge in [-0.05, 0) is 30.5 Å². The summed E-state index contributed by atoms with van der Waals surface area (Å²) >= 11 is 1.43. The summed E-state index contributed by atoms with van der Waals surface area (Å²) in [7, 11) is 3.28. The van der Waals surface area contributed by atoms with Crippen LogP contribution in [0.15, 0.2) is 18.2 Å². The molecule has 0 amide bonds. The van der Waals surface area contributed by atoms with E-state index in [0.29, 0.717) is 12.5 Å². The number of nitrogens with zero attached hydrogens (tertiary/aromatic N) is 2. The summed E-state index contributed by atoms with van der Waals surface area (Å²) in [5.74, 6) is 3.07. The summed E-state index contributed by atoms with van der Waals surface area (Å²) in [5.41, 5.74) is 1.12. The van der Waals surface area contributed by atoms with Crippen LogP contribution >= 0.6 is 11.5 Å². The third kappa shape index (κ3) is 2.85. The Hall–Kier alpha value is -1.82. The van der Waals surface area contributed by atoms with Crippen LogP contribution in [0.4, 0.5) is 5.13 Å². The van der Waals surface area contributed by atoms with Gasteiger partial charge in [-0.3, -0.25) is 0 Å². The Bertz CT molecular complexity index is 596. The normalized spacial score (nSPS) is 14.1. The Labute approximate surface area is 122 Å². The van der Waals surface area contributed by atoms with E-state index in [2.05, 4.69) is 14.7 Å². The lowest BCUT2D eigenvalue weighted by molar-refractivity contribution is 0.354. The number of benzene rings is 1. The van der Waals surface area contributed by atoms with Gasteiger partial charge in [-0.25, -0.2) is 4.98 Å². The van der Waals surface area contributed by atoms with Gasteiger partial charge in [0.1, 0.15) is 5.82 Å². The van der Waals surface area contributed by atoms with Gasteiger partial charge in [-0.2, -0.15) is 4.37 Å². The number of anilines is 1. The molecule has 0 aliphatic heterocycles. The summed E-state index contributed by atoms with van der Waals surface area (Å²) in [4.78, 5) is 4.50. The van der Waals surface area contributed by atoms with Crippen molar-refractivity contribution in [1.29, 1.82) is 0 Å². The first-order chi connectivity index (χ1) is 9.80. The van der Waals surface area contributed by atoms with E-state index in [0.717, 1.165) is 28.0 Å². The zero-order valence-electron chi connectivity index (χ0n) is 11.5. The molecule has 3 rings (SSSR count). The van der Waals surface area contributed by atoms with Gasteiger partial charge in [-0.15, -0.1) is 0 Å². The first-order valence-electron chi connectivity index (χ1n) is 6.58. The lowest BCUT2D eigenvalue weighted by Gasteiger charge is -2.09. The summed E-state index contributed by atoms with van der Waals surface area (Å²) in [6, 6.07) is 5.89. The van der Waals surface area contributed by atoms with E-state index < -0.39 is 0 Å². The minimum atomic E-state index is 0.600. The smallest absolute Gasteiger partial charge is 0.202 e. The fourth-order valence-electron chi connectivity index (χ4n) is 1.98. The number of rotatable bonds is 6. The molecular weight excluding hydrogens is 274 g/mol. The lowest BCUT2D eigenvalue weighted by atomic mass is 10.2. The van der Waals surface area contributed by atoms with Gasteiger partial charge in [-0.1, -0.05) is 6.07 Å². The SMILES string of the molecule is COc1ccc(CNc2nc(C3CC3)ns2)cc1OC. The van der Waals surface area contributed by atoms with E-state index in [4.69, 9.17) is 9.47 Å². The maximum atomic E-state index is 5.29. The van der Waals surface area contributed by atoms with Crippen molar-refractivity contribution in [3.05, 3.63) is 29.6 Å². The molecule has 0 saturated heterocycles. The molecule has 2 aromatic rings. The highest BCUT2D eigenvalue weighted by atomic mass is 32.1. The van der Waals surface area contributed by atoms with Gasteiger partial charge < -0.3 is 14.8 Å². The van der Waals surface area contributed by atoms with E-state index in [1.807, 2.05) is 18.2 Å². The number of nitrogens with one attached hydrogen (secondary N) is 1. The topological polar surface area (TPSA) is 56.3 Å². The Morgan fingerprint density at radius 1 is 1.25 bits per heavy atom. The molecule has 1 heterocycles. The van der Waals surface area contributed by atoms with E-state index >= 15 is 0 Å². The van der Waals surface area contributed by atoms with E-state index in [1.54, 1.807) is 14.2 Å². The van der Waals surface area contributed by atoms with E-state index in [9.17, 15) is 0 Å². The quantitative estimate of drug-likeness (QED) is 0.886. The van der Waals surface area contributed by atoms with Crippen molar-refractivity contribution in [2.24, 2.45) is 0 Å². The van der Waals surface area contributed by atoms with Gasteiger partial charge in [0, 0.05) is 24.0 Å². The molecule has 6 heteroatoms. The predicted octanol–water partition coefficient (Wildman–Crippen LogP) is 3.04. The average molecular weight is 291 g/mol. The van der Waals surface area contributed by atoms with Crippen LogP contribution in [-0.2, 0) is 6.54 Å². The zero-order valence-corrected chi connectivity index (χ0v) is 12.4. The maximum Gasteiger partial charge on any atom is 0.202 e. The molecule has 1 aliphatic rings. The maximum absolute atomic E-state index is 5.29. The summed E-state index contributed by atoms with van der Waals surface area (Å²) in [6.45, 7) is 0.694. The Morgan fingerprint density at radius 3 is 2.75 bits per heavy atom. The number of hydrogen-bond acceptors (Lipinski definition) is 6. The van der Waals surface area contributed by atoms with Crippen molar-refractivity contribution in [1.82, 2.24) is 9.36 Å². The summed E-state index contributed by atoms with van der Waals surface area (Å²) < 4.78 is 14.9. The van der Waals surface area contributed by atoms with Crippen LogP contribution in [0.5, 0.6) is 11.5 Å². The highest BCUT2D eigenvalue weighted by Crippen LogP contribution is 2.39. The van der Waals surface area contributed by atoms with Gasteiger partial charge in [0.15, 0.2) is 11.5 Å². The van der Waals surface area contributed by atoms with Crippen LogP contribution in [0.2, 0.25) is 0 Å². The van der Waals surface area contributed by atoms with Crippen molar-refractivity contribution in [2.45, 2.75) is 25.3 Å². The van der Waals surface area contributed by atoms with Crippen molar-refractivity contribution in [2.75, 3.05) is 19.5 Å². The highest BCUT2D eigenvalue weighted by Gasteiger charge is 2.27. The van der Waals surface area contributed by atoms with Crippen LogP contribution in [0.1, 0.15) is 30.1 Å².